The molecule has 0 fully saturated rings. The van der Waals surface area contributed by atoms with E-state index in [1.54, 1.807) is 19.1 Å². The Kier molecular flexibility index (Phi) is 7.20. The summed E-state index contributed by atoms with van der Waals surface area (Å²) in [4.78, 5) is 23.4. The van der Waals surface area contributed by atoms with Crippen LogP contribution in [0.1, 0.15) is 49.3 Å². The summed E-state index contributed by atoms with van der Waals surface area (Å²) in [5.41, 5.74) is 0.140. The summed E-state index contributed by atoms with van der Waals surface area (Å²) >= 11 is 0. The highest BCUT2D eigenvalue weighted by Gasteiger charge is 2.19. The number of hydrogen-bond acceptors (Lipinski definition) is 7. The van der Waals surface area contributed by atoms with Crippen molar-refractivity contribution in [1.82, 2.24) is 4.57 Å². The largest absolute Gasteiger partial charge is 0.493 e. The van der Waals surface area contributed by atoms with Crippen LogP contribution in [-0.2, 0) is 6.54 Å². The third-order valence-corrected chi connectivity index (χ3v) is 4.66. The van der Waals surface area contributed by atoms with Crippen LogP contribution in [0.15, 0.2) is 33.2 Å². The second-order valence-corrected chi connectivity index (χ2v) is 6.73. The molecule has 29 heavy (non-hydrogen) atoms. The number of rotatable bonds is 8. The number of aryl methyl sites for hydroxylation is 1. The standard InChI is InChI=1S/C20H23N5O4/c1-4-5-6-7-10-24-19(26)16(12-21)14(3)18(20(24)27)23-22-15-9-8-13(2)17(11-15)25(28)29/h8-9,11,26H,4-7,10H2,1-3H3. The van der Waals surface area contributed by atoms with Crippen LogP contribution in [0.3, 0.4) is 0 Å². The Morgan fingerprint density at radius 3 is 2.59 bits per heavy atom. The number of aromatic hydroxyl groups is 1. The van der Waals surface area contributed by atoms with E-state index in [2.05, 4.69) is 17.2 Å². The lowest BCUT2D eigenvalue weighted by atomic mass is 10.1. The molecule has 0 saturated heterocycles. The second-order valence-electron chi connectivity index (χ2n) is 6.73. The molecule has 0 spiro atoms. The second kappa shape index (κ2) is 9.59. The molecule has 0 unspecified atom stereocenters. The van der Waals surface area contributed by atoms with Gasteiger partial charge < -0.3 is 5.11 Å². The number of hydrogen-bond donors (Lipinski definition) is 1. The zero-order valence-electron chi connectivity index (χ0n) is 16.7. The highest BCUT2D eigenvalue weighted by molar-refractivity contribution is 5.57. The molecule has 0 aliphatic rings. The van der Waals surface area contributed by atoms with Crippen molar-refractivity contribution < 1.29 is 10.0 Å². The van der Waals surface area contributed by atoms with E-state index in [1.807, 2.05) is 6.07 Å². The van der Waals surface area contributed by atoms with Crippen LogP contribution in [0.5, 0.6) is 5.88 Å². The monoisotopic (exact) mass is 397 g/mol. The molecule has 0 aliphatic carbocycles. The van der Waals surface area contributed by atoms with Crippen LogP contribution in [0.25, 0.3) is 0 Å². The van der Waals surface area contributed by atoms with Gasteiger partial charge in [0.15, 0.2) is 5.69 Å². The van der Waals surface area contributed by atoms with Crippen LogP contribution in [0.4, 0.5) is 17.1 Å². The number of unbranched alkanes of at least 4 members (excludes halogenated alkanes) is 3. The highest BCUT2D eigenvalue weighted by Crippen LogP contribution is 2.29. The Morgan fingerprint density at radius 1 is 1.24 bits per heavy atom. The van der Waals surface area contributed by atoms with E-state index in [0.717, 1.165) is 23.8 Å². The Labute approximate surface area is 168 Å². The van der Waals surface area contributed by atoms with Gasteiger partial charge in [0.1, 0.15) is 11.6 Å². The minimum absolute atomic E-state index is 0.0380. The predicted molar refractivity (Wildman–Crippen MR) is 108 cm³/mol. The normalized spacial score (nSPS) is 11.0. The Balaban J connectivity index is 2.48. The molecule has 1 aromatic heterocycles. The number of aromatic nitrogens is 1. The molecule has 9 heteroatoms. The van der Waals surface area contributed by atoms with Crippen LogP contribution in [-0.4, -0.2) is 14.6 Å². The van der Waals surface area contributed by atoms with Crippen molar-refractivity contribution in [2.75, 3.05) is 0 Å². The molecule has 0 aliphatic heterocycles. The predicted octanol–water partition coefficient (Wildman–Crippen LogP) is 4.95. The van der Waals surface area contributed by atoms with E-state index in [9.17, 15) is 25.3 Å². The van der Waals surface area contributed by atoms with E-state index in [0.29, 0.717) is 12.0 Å². The van der Waals surface area contributed by atoms with Crippen LogP contribution < -0.4 is 5.56 Å². The maximum atomic E-state index is 12.8. The van der Waals surface area contributed by atoms with Crippen LogP contribution in [0, 0.1) is 35.3 Å². The lowest BCUT2D eigenvalue weighted by Crippen LogP contribution is -2.22. The minimum atomic E-state index is -0.555. The summed E-state index contributed by atoms with van der Waals surface area (Å²) in [5, 5.41) is 38.7. The van der Waals surface area contributed by atoms with Crippen molar-refractivity contribution in [3.05, 3.63) is 55.4 Å². The summed E-state index contributed by atoms with van der Waals surface area (Å²) in [7, 11) is 0. The quantitative estimate of drug-likeness (QED) is 0.291. The third-order valence-electron chi connectivity index (χ3n) is 4.66. The molecular formula is C20H23N5O4. The van der Waals surface area contributed by atoms with Gasteiger partial charge in [-0.05, 0) is 26.3 Å². The van der Waals surface area contributed by atoms with Gasteiger partial charge in [-0.25, -0.2) is 0 Å². The molecule has 152 valence electrons. The molecule has 0 radical (unpaired) electrons. The SMILES string of the molecule is CCCCCCn1c(O)c(C#N)c(C)c(N=Nc2ccc(C)c([N+](=O)[O-])c2)c1=O. The first-order valence-electron chi connectivity index (χ1n) is 9.35. The summed E-state index contributed by atoms with van der Waals surface area (Å²) < 4.78 is 1.13. The zero-order valence-corrected chi connectivity index (χ0v) is 16.7. The van der Waals surface area contributed by atoms with E-state index in [4.69, 9.17) is 0 Å². The van der Waals surface area contributed by atoms with Crippen LogP contribution in [0.2, 0.25) is 0 Å². The Morgan fingerprint density at radius 2 is 1.97 bits per heavy atom. The van der Waals surface area contributed by atoms with Gasteiger partial charge in [-0.15, -0.1) is 5.11 Å². The maximum absolute atomic E-state index is 12.8. The summed E-state index contributed by atoms with van der Waals surface area (Å²) in [6.07, 6.45) is 3.60. The summed E-state index contributed by atoms with van der Waals surface area (Å²) in [6.45, 7) is 5.45. The number of benzene rings is 1. The fraction of sp³-hybridized carbons (Fsp3) is 0.400. The topological polar surface area (TPSA) is 134 Å². The molecule has 9 nitrogen and oxygen atoms in total. The van der Waals surface area contributed by atoms with Crippen molar-refractivity contribution in [2.45, 2.75) is 53.0 Å². The molecule has 0 amide bonds. The molecule has 0 atom stereocenters. The number of pyridine rings is 1. The van der Waals surface area contributed by atoms with E-state index in [1.165, 1.54) is 13.0 Å². The van der Waals surface area contributed by atoms with Gasteiger partial charge in [-0.2, -0.15) is 10.4 Å². The van der Waals surface area contributed by atoms with Gasteiger partial charge in [0, 0.05) is 23.7 Å². The fourth-order valence-electron chi connectivity index (χ4n) is 2.93. The number of nitro benzene ring substituents is 1. The van der Waals surface area contributed by atoms with Gasteiger partial charge in [-0.3, -0.25) is 19.5 Å². The third kappa shape index (κ3) is 4.85. The molecule has 1 aromatic carbocycles. The average Bonchev–Trinajstić information content (AvgIpc) is 2.68. The Hall–Kier alpha value is -3.54. The summed E-state index contributed by atoms with van der Waals surface area (Å²) in [6, 6.07) is 6.27. The lowest BCUT2D eigenvalue weighted by Gasteiger charge is -2.12. The fourth-order valence-corrected chi connectivity index (χ4v) is 2.93. The first kappa shape index (κ1) is 21.8. The van der Waals surface area contributed by atoms with Crippen molar-refractivity contribution in [1.29, 1.82) is 5.26 Å². The van der Waals surface area contributed by atoms with Crippen molar-refractivity contribution in [2.24, 2.45) is 10.2 Å². The molecule has 0 saturated carbocycles. The van der Waals surface area contributed by atoms with Crippen molar-refractivity contribution in [3.63, 3.8) is 0 Å². The van der Waals surface area contributed by atoms with E-state index >= 15 is 0 Å². The molecule has 2 rings (SSSR count). The number of nitrogens with zero attached hydrogens (tertiary/aromatic N) is 5. The van der Waals surface area contributed by atoms with Gasteiger partial charge in [0.25, 0.3) is 11.2 Å². The molecule has 0 bridgehead atoms. The minimum Gasteiger partial charge on any atom is -0.493 e. The highest BCUT2D eigenvalue weighted by atomic mass is 16.6. The Bertz CT molecular complexity index is 1050. The van der Waals surface area contributed by atoms with Gasteiger partial charge >= 0.3 is 0 Å². The van der Waals surface area contributed by atoms with E-state index < -0.39 is 10.5 Å². The maximum Gasteiger partial charge on any atom is 0.281 e. The first-order valence-corrected chi connectivity index (χ1v) is 9.35. The van der Waals surface area contributed by atoms with Crippen molar-refractivity contribution >= 4 is 17.1 Å². The van der Waals surface area contributed by atoms with Crippen LogP contribution >= 0.6 is 0 Å². The van der Waals surface area contributed by atoms with Crippen molar-refractivity contribution in [3.8, 4) is 11.9 Å². The van der Waals surface area contributed by atoms with Gasteiger partial charge in [0.05, 0.1) is 10.6 Å². The number of nitriles is 1. The first-order chi connectivity index (χ1) is 13.8. The summed E-state index contributed by atoms with van der Waals surface area (Å²) in [5.74, 6) is -0.378. The molecular weight excluding hydrogens is 374 g/mol. The molecule has 1 N–H and O–H groups in total. The van der Waals surface area contributed by atoms with Gasteiger partial charge in [0.2, 0.25) is 5.88 Å². The lowest BCUT2D eigenvalue weighted by molar-refractivity contribution is -0.385. The smallest absolute Gasteiger partial charge is 0.281 e. The van der Waals surface area contributed by atoms with Gasteiger partial charge in [-0.1, -0.05) is 32.3 Å². The molecule has 2 aromatic rings. The number of azo groups is 1. The number of nitro groups is 1. The molecule has 1 heterocycles. The average molecular weight is 397 g/mol. The van der Waals surface area contributed by atoms with E-state index in [-0.39, 0.29) is 40.6 Å². The zero-order chi connectivity index (χ0) is 21.6.